The largest absolute Gasteiger partial charge is 0.456 e. The molecule has 1 unspecified atom stereocenters. The van der Waals surface area contributed by atoms with Gasteiger partial charge in [0.05, 0.1) is 17.2 Å². The number of rotatable bonds is 14. The first-order valence-electron chi connectivity index (χ1n) is 11.9. The van der Waals surface area contributed by atoms with Gasteiger partial charge in [-0.3, -0.25) is 5.32 Å². The molecule has 6 heteroatoms. The van der Waals surface area contributed by atoms with Crippen molar-refractivity contribution in [2.75, 3.05) is 6.61 Å². The van der Waals surface area contributed by atoms with Crippen LogP contribution in [0.2, 0.25) is 0 Å². The summed E-state index contributed by atoms with van der Waals surface area (Å²) in [6, 6.07) is 10.1. The number of hydrogen-bond donors (Lipinski definition) is 1. The summed E-state index contributed by atoms with van der Waals surface area (Å²) in [6.45, 7) is 13.8. The summed E-state index contributed by atoms with van der Waals surface area (Å²) >= 11 is 1.40. The Hall–Kier alpha value is -2.21. The first-order valence-corrected chi connectivity index (χ1v) is 12.8. The highest BCUT2D eigenvalue weighted by molar-refractivity contribution is 8.03. The molecule has 1 rings (SSSR count). The van der Waals surface area contributed by atoms with Crippen molar-refractivity contribution in [3.8, 4) is 0 Å². The van der Waals surface area contributed by atoms with Gasteiger partial charge < -0.3 is 9.47 Å². The summed E-state index contributed by atoms with van der Waals surface area (Å²) in [6.07, 6.45) is 8.31. The molecule has 0 fully saturated rings. The maximum atomic E-state index is 12.8. The average Bonchev–Trinajstić information content (AvgIpc) is 2.73. The van der Waals surface area contributed by atoms with Gasteiger partial charge in [-0.05, 0) is 39.2 Å². The summed E-state index contributed by atoms with van der Waals surface area (Å²) in [5.74, 6) is -0.525. The van der Waals surface area contributed by atoms with Crippen LogP contribution in [0.4, 0.5) is 4.79 Å². The van der Waals surface area contributed by atoms with Crippen LogP contribution >= 0.6 is 11.8 Å². The minimum absolute atomic E-state index is 0.0960. The fraction of sp³-hybridized carbons (Fsp3) is 0.556. The molecule has 1 aromatic rings. The van der Waals surface area contributed by atoms with Crippen LogP contribution in [0.15, 0.2) is 53.6 Å². The van der Waals surface area contributed by atoms with Crippen molar-refractivity contribution in [2.24, 2.45) is 0 Å². The van der Waals surface area contributed by atoms with E-state index in [2.05, 4.69) is 37.9 Å². The van der Waals surface area contributed by atoms with E-state index in [4.69, 9.17) is 9.47 Å². The summed E-state index contributed by atoms with van der Waals surface area (Å²) in [5.41, 5.74) is 0.751. The zero-order chi connectivity index (χ0) is 24.7. The van der Waals surface area contributed by atoms with E-state index in [1.54, 1.807) is 20.8 Å². The summed E-state index contributed by atoms with van der Waals surface area (Å²) < 4.78 is 10.9. The molecule has 0 spiro atoms. The molecule has 1 atom stereocenters. The standard InChI is InChI=1S/C27H41NO4S/c1-7-9-10-11-12-16-19-31-26(30)28-24(23(8-2)25(29)32-27(4,5)6)33-21(3)20-22-17-14-13-15-18-22/h8,13-15,17-18,21H,2,7,9-12,16,19-20H2,1,3-6H3,(H,28,30)/b24-23+. The zero-order valence-corrected chi connectivity index (χ0v) is 21.8. The van der Waals surface area contributed by atoms with Crippen molar-refractivity contribution < 1.29 is 19.1 Å². The number of thioether (sulfide) groups is 1. The topological polar surface area (TPSA) is 64.6 Å². The normalized spacial score (nSPS) is 13.0. The second kappa shape index (κ2) is 15.6. The Labute approximate surface area is 204 Å². The second-order valence-electron chi connectivity index (χ2n) is 9.10. The lowest BCUT2D eigenvalue weighted by molar-refractivity contribution is -0.149. The van der Waals surface area contributed by atoms with Gasteiger partial charge in [-0.25, -0.2) is 9.59 Å². The molecule has 0 radical (unpaired) electrons. The van der Waals surface area contributed by atoms with Gasteiger partial charge in [0.1, 0.15) is 5.60 Å². The number of unbranched alkanes of at least 4 members (excludes halogenated alkanes) is 5. The van der Waals surface area contributed by atoms with Gasteiger partial charge in [-0.15, -0.1) is 11.8 Å². The molecule has 0 aliphatic carbocycles. The van der Waals surface area contributed by atoms with Crippen LogP contribution in [0.25, 0.3) is 0 Å². The molecule has 1 amide bonds. The monoisotopic (exact) mass is 475 g/mol. The van der Waals surface area contributed by atoms with Crippen molar-refractivity contribution in [1.82, 2.24) is 5.32 Å². The first kappa shape index (κ1) is 28.8. The number of benzene rings is 1. The summed E-state index contributed by atoms with van der Waals surface area (Å²) in [7, 11) is 0. The third-order valence-electron chi connectivity index (χ3n) is 4.70. The SMILES string of the molecule is C=C/C(C(=O)OC(C)(C)C)=C(/NC(=O)OCCCCCCCC)SC(C)Cc1ccccc1. The van der Waals surface area contributed by atoms with Crippen molar-refractivity contribution in [1.29, 1.82) is 0 Å². The molecule has 184 valence electrons. The molecule has 1 N–H and O–H groups in total. The van der Waals surface area contributed by atoms with Gasteiger partial charge in [-0.1, -0.05) is 88.9 Å². The van der Waals surface area contributed by atoms with E-state index in [1.807, 2.05) is 18.2 Å². The van der Waals surface area contributed by atoms with Crippen LogP contribution in [0.3, 0.4) is 0 Å². The smallest absolute Gasteiger partial charge is 0.412 e. The molecule has 0 heterocycles. The molecule has 33 heavy (non-hydrogen) atoms. The molecule has 0 aliphatic heterocycles. The highest BCUT2D eigenvalue weighted by atomic mass is 32.2. The summed E-state index contributed by atoms with van der Waals surface area (Å²) in [5, 5.41) is 3.27. The van der Waals surface area contributed by atoms with Crippen LogP contribution in [0.1, 0.15) is 78.7 Å². The zero-order valence-electron chi connectivity index (χ0n) is 20.9. The minimum Gasteiger partial charge on any atom is -0.456 e. The highest BCUT2D eigenvalue weighted by Gasteiger charge is 2.24. The van der Waals surface area contributed by atoms with Crippen molar-refractivity contribution in [3.63, 3.8) is 0 Å². The number of esters is 1. The molecule has 5 nitrogen and oxygen atoms in total. The van der Waals surface area contributed by atoms with E-state index in [-0.39, 0.29) is 10.8 Å². The molecule has 0 bridgehead atoms. The van der Waals surface area contributed by atoms with Crippen LogP contribution in [-0.2, 0) is 20.7 Å². The average molecular weight is 476 g/mol. The van der Waals surface area contributed by atoms with E-state index < -0.39 is 17.7 Å². The van der Waals surface area contributed by atoms with Crippen LogP contribution in [0.5, 0.6) is 0 Å². The molecule has 1 aromatic carbocycles. The Morgan fingerprint density at radius 2 is 1.73 bits per heavy atom. The highest BCUT2D eigenvalue weighted by Crippen LogP contribution is 2.27. The predicted octanol–water partition coefficient (Wildman–Crippen LogP) is 7.18. The van der Waals surface area contributed by atoms with Crippen LogP contribution in [-0.4, -0.2) is 29.5 Å². The van der Waals surface area contributed by atoms with E-state index >= 15 is 0 Å². The lowest BCUT2D eigenvalue weighted by Gasteiger charge is -2.22. The van der Waals surface area contributed by atoms with Gasteiger partial charge in [0.15, 0.2) is 0 Å². The summed E-state index contributed by atoms with van der Waals surface area (Å²) in [4.78, 5) is 25.3. The number of carbonyl (C=O) groups excluding carboxylic acids is 2. The van der Waals surface area contributed by atoms with Gasteiger partial charge in [0.25, 0.3) is 0 Å². The maximum absolute atomic E-state index is 12.8. The third kappa shape index (κ3) is 13.2. The molecular formula is C27H41NO4S. The van der Waals surface area contributed by atoms with Crippen LogP contribution in [0, 0.1) is 0 Å². The Kier molecular flexibility index (Phi) is 13.6. The van der Waals surface area contributed by atoms with E-state index in [1.165, 1.54) is 42.7 Å². The van der Waals surface area contributed by atoms with Gasteiger partial charge in [0.2, 0.25) is 0 Å². The van der Waals surface area contributed by atoms with E-state index in [9.17, 15) is 9.59 Å². The predicted molar refractivity (Wildman–Crippen MR) is 138 cm³/mol. The molecule has 0 aromatic heterocycles. The quantitative estimate of drug-likeness (QED) is 0.134. The Balaban J connectivity index is 2.84. The number of hydrogen-bond acceptors (Lipinski definition) is 5. The lowest BCUT2D eigenvalue weighted by Crippen LogP contribution is -2.29. The Morgan fingerprint density at radius 3 is 2.33 bits per heavy atom. The number of nitrogens with one attached hydrogen (secondary N) is 1. The van der Waals surface area contributed by atoms with Gasteiger partial charge >= 0.3 is 12.1 Å². The molecule has 0 saturated heterocycles. The maximum Gasteiger partial charge on any atom is 0.412 e. The fourth-order valence-corrected chi connectivity index (χ4v) is 4.24. The third-order valence-corrected chi connectivity index (χ3v) is 5.83. The van der Waals surface area contributed by atoms with E-state index in [0.29, 0.717) is 11.6 Å². The van der Waals surface area contributed by atoms with E-state index in [0.717, 1.165) is 25.7 Å². The number of ether oxygens (including phenoxy) is 2. The molecule has 0 saturated carbocycles. The molecule has 0 aliphatic rings. The Bertz CT molecular complexity index is 768. The van der Waals surface area contributed by atoms with Gasteiger partial charge in [0, 0.05) is 5.25 Å². The Morgan fingerprint density at radius 1 is 1.09 bits per heavy atom. The fourth-order valence-electron chi connectivity index (χ4n) is 3.13. The van der Waals surface area contributed by atoms with Crippen molar-refractivity contribution >= 4 is 23.8 Å². The second-order valence-corrected chi connectivity index (χ2v) is 10.5. The molecular weight excluding hydrogens is 434 g/mol. The van der Waals surface area contributed by atoms with Gasteiger partial charge in [-0.2, -0.15) is 0 Å². The van der Waals surface area contributed by atoms with Crippen molar-refractivity contribution in [3.05, 3.63) is 59.2 Å². The van der Waals surface area contributed by atoms with Crippen molar-refractivity contribution in [2.45, 2.75) is 90.4 Å². The van der Waals surface area contributed by atoms with Crippen LogP contribution < -0.4 is 5.32 Å². The first-order chi connectivity index (χ1) is 15.7. The number of alkyl carbamates (subject to hydrolysis) is 1. The minimum atomic E-state index is -0.658. The number of amides is 1. The lowest BCUT2D eigenvalue weighted by atomic mass is 10.1. The number of carbonyl (C=O) groups is 2.